The van der Waals surface area contributed by atoms with E-state index in [9.17, 15) is 0 Å². The fraction of sp³-hybridized carbons (Fsp3) is 0.333. The van der Waals surface area contributed by atoms with Crippen LogP contribution in [0.25, 0.3) is 22.2 Å². The van der Waals surface area contributed by atoms with Gasteiger partial charge in [0.05, 0.1) is 19.3 Å². The molecule has 31 heavy (non-hydrogen) atoms. The Kier molecular flexibility index (Phi) is 5.42. The lowest BCUT2D eigenvalue weighted by molar-refractivity contribution is 0.343. The quantitative estimate of drug-likeness (QED) is 0.467. The standard InChI is InChI=1S/C24H26ClN5O/c1-15-20(22(25)3-4-23(15)31-2)10-17-12-28-24-21(17)9-16(11-27-24)18-13-29-30(14-18)19-5-7-26-8-6-19/h3-4,9,11-14,19,26H,5-8,10H2,1-2H3,(H,27,28). The van der Waals surface area contributed by atoms with Crippen LogP contribution in [0.2, 0.25) is 5.02 Å². The number of halogens is 1. The number of aromatic amines is 1. The first-order chi connectivity index (χ1) is 15.1. The van der Waals surface area contributed by atoms with Gasteiger partial charge in [0.25, 0.3) is 0 Å². The predicted octanol–water partition coefficient (Wildman–Crippen LogP) is 4.91. The van der Waals surface area contributed by atoms with Crippen molar-refractivity contribution in [2.75, 3.05) is 20.2 Å². The number of nitrogens with zero attached hydrogens (tertiary/aromatic N) is 3. The Labute approximate surface area is 186 Å². The molecule has 2 N–H and O–H groups in total. The van der Waals surface area contributed by atoms with Crippen molar-refractivity contribution in [3.05, 3.63) is 64.7 Å². The summed E-state index contributed by atoms with van der Waals surface area (Å²) in [4.78, 5) is 7.96. The molecule has 0 spiro atoms. The monoisotopic (exact) mass is 435 g/mol. The van der Waals surface area contributed by atoms with Crippen molar-refractivity contribution in [3.8, 4) is 16.9 Å². The van der Waals surface area contributed by atoms with Gasteiger partial charge in [-0.25, -0.2) is 4.98 Å². The number of hydrogen-bond donors (Lipinski definition) is 2. The van der Waals surface area contributed by atoms with E-state index < -0.39 is 0 Å². The molecule has 1 fully saturated rings. The van der Waals surface area contributed by atoms with E-state index in [1.807, 2.05) is 37.6 Å². The summed E-state index contributed by atoms with van der Waals surface area (Å²) in [6, 6.07) is 6.47. The highest BCUT2D eigenvalue weighted by atomic mass is 35.5. The Balaban J connectivity index is 1.48. The molecule has 1 aliphatic heterocycles. The van der Waals surface area contributed by atoms with Gasteiger partial charge in [-0.2, -0.15) is 5.10 Å². The maximum Gasteiger partial charge on any atom is 0.137 e. The van der Waals surface area contributed by atoms with Crippen LogP contribution < -0.4 is 10.1 Å². The van der Waals surface area contributed by atoms with Gasteiger partial charge in [0.15, 0.2) is 0 Å². The third-order valence-corrected chi connectivity index (χ3v) is 6.67. The van der Waals surface area contributed by atoms with Crippen molar-refractivity contribution in [1.82, 2.24) is 25.1 Å². The molecule has 0 atom stereocenters. The van der Waals surface area contributed by atoms with E-state index in [1.54, 1.807) is 7.11 Å². The minimum Gasteiger partial charge on any atom is -0.496 e. The smallest absolute Gasteiger partial charge is 0.137 e. The molecule has 160 valence electrons. The summed E-state index contributed by atoms with van der Waals surface area (Å²) < 4.78 is 7.59. The number of fused-ring (bicyclic) bond motifs is 1. The number of ether oxygens (including phenoxy) is 1. The van der Waals surface area contributed by atoms with Crippen molar-refractivity contribution in [2.45, 2.75) is 32.2 Å². The second-order valence-corrected chi connectivity index (χ2v) is 8.56. The number of pyridine rings is 1. The van der Waals surface area contributed by atoms with Gasteiger partial charge < -0.3 is 15.0 Å². The first kappa shape index (κ1) is 20.1. The largest absolute Gasteiger partial charge is 0.496 e. The van der Waals surface area contributed by atoms with Crippen molar-refractivity contribution in [3.63, 3.8) is 0 Å². The third-order valence-electron chi connectivity index (χ3n) is 6.31. The molecule has 0 radical (unpaired) electrons. The van der Waals surface area contributed by atoms with Crippen LogP contribution in [0.4, 0.5) is 0 Å². The van der Waals surface area contributed by atoms with Gasteiger partial charge in [-0.3, -0.25) is 4.68 Å². The minimum atomic E-state index is 0.465. The van der Waals surface area contributed by atoms with Crippen molar-refractivity contribution >= 4 is 22.6 Å². The van der Waals surface area contributed by atoms with Crippen LogP contribution in [0.5, 0.6) is 5.75 Å². The van der Waals surface area contributed by atoms with E-state index in [0.717, 1.165) is 75.6 Å². The summed E-state index contributed by atoms with van der Waals surface area (Å²) in [5.41, 5.74) is 6.34. The fourth-order valence-electron chi connectivity index (χ4n) is 4.45. The summed E-state index contributed by atoms with van der Waals surface area (Å²) in [5.74, 6) is 0.850. The fourth-order valence-corrected chi connectivity index (χ4v) is 4.72. The van der Waals surface area contributed by atoms with Crippen LogP contribution >= 0.6 is 11.6 Å². The zero-order chi connectivity index (χ0) is 21.4. The van der Waals surface area contributed by atoms with Crippen LogP contribution in [0.15, 0.2) is 43.0 Å². The zero-order valence-corrected chi connectivity index (χ0v) is 18.5. The summed E-state index contributed by atoms with van der Waals surface area (Å²) in [6.45, 7) is 4.15. The van der Waals surface area contributed by atoms with Gasteiger partial charge >= 0.3 is 0 Å². The second-order valence-electron chi connectivity index (χ2n) is 8.15. The molecule has 1 aromatic carbocycles. The van der Waals surface area contributed by atoms with Crippen LogP contribution in [0.1, 0.15) is 35.6 Å². The predicted molar refractivity (Wildman–Crippen MR) is 124 cm³/mol. The Bertz CT molecular complexity index is 1220. The Hall–Kier alpha value is -2.83. The molecule has 3 aromatic heterocycles. The van der Waals surface area contributed by atoms with Gasteiger partial charge in [0.2, 0.25) is 0 Å². The van der Waals surface area contributed by atoms with Crippen molar-refractivity contribution in [1.29, 1.82) is 0 Å². The van der Waals surface area contributed by atoms with Crippen LogP contribution in [0.3, 0.4) is 0 Å². The molecule has 4 heterocycles. The van der Waals surface area contributed by atoms with E-state index in [2.05, 4.69) is 37.3 Å². The first-order valence-electron chi connectivity index (χ1n) is 10.7. The minimum absolute atomic E-state index is 0.465. The van der Waals surface area contributed by atoms with E-state index in [4.69, 9.17) is 16.3 Å². The van der Waals surface area contributed by atoms with Crippen molar-refractivity contribution < 1.29 is 4.74 Å². The molecule has 0 saturated carbocycles. The third kappa shape index (κ3) is 3.82. The summed E-state index contributed by atoms with van der Waals surface area (Å²) in [6.07, 6.45) is 11.0. The molecule has 6 nitrogen and oxygen atoms in total. The second kappa shape index (κ2) is 8.36. The first-order valence-corrected chi connectivity index (χ1v) is 11.0. The summed E-state index contributed by atoms with van der Waals surface area (Å²) in [7, 11) is 1.69. The molecule has 5 rings (SSSR count). The van der Waals surface area contributed by atoms with Crippen molar-refractivity contribution in [2.24, 2.45) is 0 Å². The number of methoxy groups -OCH3 is 1. The number of piperidine rings is 1. The molecule has 1 aliphatic rings. The lowest BCUT2D eigenvalue weighted by Gasteiger charge is -2.22. The number of rotatable bonds is 5. The van der Waals surface area contributed by atoms with Gasteiger partial charge in [0, 0.05) is 46.5 Å². The van der Waals surface area contributed by atoms with Crippen LogP contribution in [-0.4, -0.2) is 39.9 Å². The van der Waals surface area contributed by atoms with E-state index in [-0.39, 0.29) is 0 Å². The Morgan fingerprint density at radius 3 is 2.84 bits per heavy atom. The Morgan fingerprint density at radius 2 is 2.03 bits per heavy atom. The van der Waals surface area contributed by atoms with Gasteiger partial charge in [-0.1, -0.05) is 11.6 Å². The highest BCUT2D eigenvalue weighted by molar-refractivity contribution is 6.31. The SMILES string of the molecule is COc1ccc(Cl)c(Cc2c[nH]c3ncc(-c4cnn(C5CCNCC5)c4)cc23)c1C. The van der Waals surface area contributed by atoms with Gasteiger partial charge in [-0.15, -0.1) is 0 Å². The molecule has 1 saturated heterocycles. The van der Waals surface area contributed by atoms with E-state index in [1.165, 1.54) is 0 Å². The zero-order valence-electron chi connectivity index (χ0n) is 17.8. The molecule has 4 aromatic rings. The molecule has 0 amide bonds. The molecule has 7 heteroatoms. The number of H-pyrrole nitrogens is 1. The molecule has 0 unspecified atom stereocenters. The number of benzene rings is 1. The Morgan fingerprint density at radius 1 is 1.19 bits per heavy atom. The maximum absolute atomic E-state index is 6.53. The lowest BCUT2D eigenvalue weighted by Crippen LogP contribution is -2.29. The van der Waals surface area contributed by atoms with Gasteiger partial charge in [-0.05, 0) is 67.7 Å². The lowest BCUT2D eigenvalue weighted by atomic mass is 9.99. The highest BCUT2D eigenvalue weighted by Crippen LogP contribution is 2.32. The summed E-state index contributed by atoms with van der Waals surface area (Å²) in [5, 5.41) is 9.90. The topological polar surface area (TPSA) is 67.8 Å². The number of aromatic nitrogens is 4. The van der Waals surface area contributed by atoms with Gasteiger partial charge in [0.1, 0.15) is 11.4 Å². The summed E-state index contributed by atoms with van der Waals surface area (Å²) >= 11 is 6.53. The highest BCUT2D eigenvalue weighted by Gasteiger charge is 2.17. The number of nitrogens with one attached hydrogen (secondary N) is 2. The average Bonchev–Trinajstić information content (AvgIpc) is 3.45. The maximum atomic E-state index is 6.53. The molecular weight excluding hydrogens is 410 g/mol. The molecule has 0 aliphatic carbocycles. The average molecular weight is 436 g/mol. The number of hydrogen-bond acceptors (Lipinski definition) is 4. The van der Waals surface area contributed by atoms with Crippen LogP contribution in [0, 0.1) is 6.92 Å². The van der Waals surface area contributed by atoms with Crippen LogP contribution in [-0.2, 0) is 6.42 Å². The van der Waals surface area contributed by atoms with E-state index >= 15 is 0 Å². The van der Waals surface area contributed by atoms with E-state index in [0.29, 0.717) is 12.5 Å². The molecule has 0 bridgehead atoms. The normalized spacial score (nSPS) is 14.9. The molecular formula is C24H26ClN5O.